The zero-order chi connectivity index (χ0) is 25.6. The number of Topliss-reactive ketones (excluding diaryl/α,β-unsaturated/α-hetero) is 1. The molecule has 0 radical (unpaired) electrons. The van der Waals surface area contributed by atoms with Gasteiger partial charge in [0.15, 0.2) is 5.78 Å². The zero-order valence-electron chi connectivity index (χ0n) is 20.7. The van der Waals surface area contributed by atoms with Crippen molar-refractivity contribution in [1.29, 1.82) is 0 Å². The molecule has 8 nitrogen and oxygen atoms in total. The highest BCUT2D eigenvalue weighted by Crippen LogP contribution is 2.57. The number of hydrogen-bond donors (Lipinski definition) is 1. The SMILES string of the molecule is CCOC(=O)C1=C(N)OC2=C(C(=O)CC(c3ccco3)C2)C12C(=O)N(CCC(C)C)c1ccccc12. The van der Waals surface area contributed by atoms with Crippen molar-refractivity contribution in [2.45, 2.75) is 51.4 Å². The van der Waals surface area contributed by atoms with Crippen LogP contribution in [0.25, 0.3) is 0 Å². The summed E-state index contributed by atoms with van der Waals surface area (Å²) < 4.78 is 16.9. The Kier molecular flexibility index (Phi) is 5.98. The Balaban J connectivity index is 1.74. The maximum atomic E-state index is 14.5. The summed E-state index contributed by atoms with van der Waals surface area (Å²) in [7, 11) is 0. The second kappa shape index (κ2) is 9.00. The van der Waals surface area contributed by atoms with Gasteiger partial charge in [0.05, 0.1) is 18.4 Å². The molecule has 5 rings (SSSR count). The Labute approximate surface area is 209 Å². The van der Waals surface area contributed by atoms with Crippen LogP contribution in [0.15, 0.2) is 69.9 Å². The topological polar surface area (TPSA) is 112 Å². The van der Waals surface area contributed by atoms with Gasteiger partial charge in [0.1, 0.15) is 22.5 Å². The average molecular weight is 491 g/mol. The normalized spacial score (nSPS) is 23.3. The van der Waals surface area contributed by atoms with Crippen molar-refractivity contribution in [1.82, 2.24) is 0 Å². The van der Waals surface area contributed by atoms with Gasteiger partial charge in [-0.25, -0.2) is 4.79 Å². The first-order valence-electron chi connectivity index (χ1n) is 12.4. The van der Waals surface area contributed by atoms with E-state index in [4.69, 9.17) is 19.6 Å². The van der Waals surface area contributed by atoms with E-state index < -0.39 is 11.4 Å². The van der Waals surface area contributed by atoms with Gasteiger partial charge < -0.3 is 24.5 Å². The van der Waals surface area contributed by atoms with E-state index >= 15 is 0 Å². The molecule has 0 saturated carbocycles. The number of ketones is 1. The summed E-state index contributed by atoms with van der Waals surface area (Å²) >= 11 is 0. The Hall–Kier alpha value is -3.81. The van der Waals surface area contributed by atoms with Crippen molar-refractivity contribution in [2.24, 2.45) is 11.7 Å². The number of hydrogen-bond acceptors (Lipinski definition) is 7. The van der Waals surface area contributed by atoms with E-state index in [0.717, 1.165) is 6.42 Å². The van der Waals surface area contributed by atoms with Crippen LogP contribution in [0.5, 0.6) is 0 Å². The van der Waals surface area contributed by atoms with Crippen molar-refractivity contribution in [3.05, 3.63) is 76.8 Å². The zero-order valence-corrected chi connectivity index (χ0v) is 20.7. The van der Waals surface area contributed by atoms with Gasteiger partial charge in [-0.1, -0.05) is 32.0 Å². The Morgan fingerprint density at radius 1 is 1.19 bits per heavy atom. The fourth-order valence-corrected chi connectivity index (χ4v) is 5.61. The van der Waals surface area contributed by atoms with E-state index in [1.807, 2.05) is 18.2 Å². The van der Waals surface area contributed by atoms with Gasteiger partial charge in [0.25, 0.3) is 0 Å². The van der Waals surface area contributed by atoms with Crippen LogP contribution in [0.3, 0.4) is 0 Å². The summed E-state index contributed by atoms with van der Waals surface area (Å²) in [5.74, 6) is -0.595. The maximum absolute atomic E-state index is 14.5. The molecular weight excluding hydrogens is 460 g/mol. The molecule has 2 unspecified atom stereocenters. The minimum absolute atomic E-state index is 0.0824. The molecule has 2 atom stereocenters. The first kappa shape index (κ1) is 23.9. The predicted octanol–water partition coefficient (Wildman–Crippen LogP) is 4.07. The van der Waals surface area contributed by atoms with E-state index in [0.29, 0.717) is 41.7 Å². The van der Waals surface area contributed by atoms with Gasteiger partial charge in [-0.3, -0.25) is 9.59 Å². The molecule has 2 aromatic rings. The van der Waals surface area contributed by atoms with Gasteiger partial charge in [-0.05, 0) is 37.5 Å². The lowest BCUT2D eigenvalue weighted by Gasteiger charge is -2.40. The highest BCUT2D eigenvalue weighted by atomic mass is 16.5. The molecule has 1 aromatic heterocycles. The Bertz CT molecular complexity index is 1290. The van der Waals surface area contributed by atoms with Crippen molar-refractivity contribution in [2.75, 3.05) is 18.1 Å². The quantitative estimate of drug-likeness (QED) is 0.608. The van der Waals surface area contributed by atoms with E-state index in [2.05, 4.69) is 13.8 Å². The number of nitrogens with two attached hydrogens (primary N) is 1. The molecule has 3 aliphatic rings. The lowest BCUT2D eigenvalue weighted by atomic mass is 9.63. The number of anilines is 1. The highest BCUT2D eigenvalue weighted by molar-refractivity contribution is 6.23. The van der Waals surface area contributed by atoms with Gasteiger partial charge in [0, 0.05) is 36.6 Å². The Morgan fingerprint density at radius 3 is 2.67 bits per heavy atom. The molecule has 0 bridgehead atoms. The second-order valence-electron chi connectivity index (χ2n) is 9.81. The molecule has 2 aliphatic heterocycles. The Morgan fingerprint density at radius 2 is 1.97 bits per heavy atom. The lowest BCUT2D eigenvalue weighted by molar-refractivity contribution is -0.141. The second-order valence-corrected chi connectivity index (χ2v) is 9.81. The minimum Gasteiger partial charge on any atom is -0.469 e. The summed E-state index contributed by atoms with van der Waals surface area (Å²) in [5.41, 5.74) is 5.92. The third-order valence-electron chi connectivity index (χ3n) is 7.17. The number of carbonyl (C=O) groups is 3. The number of amides is 1. The fraction of sp³-hybridized carbons (Fsp3) is 0.393. The molecule has 0 saturated heterocycles. The predicted molar refractivity (Wildman–Crippen MR) is 132 cm³/mol. The fourth-order valence-electron chi connectivity index (χ4n) is 5.61. The van der Waals surface area contributed by atoms with Crippen LogP contribution in [0, 0.1) is 5.92 Å². The number of para-hydroxylation sites is 1. The number of rotatable bonds is 6. The van der Waals surface area contributed by atoms with Crippen LogP contribution >= 0.6 is 0 Å². The molecule has 1 spiro atoms. The molecule has 2 N–H and O–H groups in total. The summed E-state index contributed by atoms with van der Waals surface area (Å²) in [5, 5.41) is 0. The molecule has 1 amide bonds. The van der Waals surface area contributed by atoms with Crippen molar-refractivity contribution >= 4 is 23.3 Å². The molecule has 8 heteroatoms. The van der Waals surface area contributed by atoms with Gasteiger partial charge in [-0.2, -0.15) is 0 Å². The van der Waals surface area contributed by atoms with Gasteiger partial charge in [-0.15, -0.1) is 0 Å². The van der Waals surface area contributed by atoms with Crippen molar-refractivity contribution < 1.29 is 28.3 Å². The van der Waals surface area contributed by atoms with E-state index in [-0.39, 0.29) is 47.7 Å². The number of nitrogens with zero attached hydrogens (tertiary/aromatic N) is 1. The third-order valence-corrected chi connectivity index (χ3v) is 7.17. The van der Waals surface area contributed by atoms with Crippen LogP contribution in [-0.2, 0) is 29.3 Å². The van der Waals surface area contributed by atoms with Crippen molar-refractivity contribution in [3.8, 4) is 0 Å². The largest absolute Gasteiger partial charge is 0.469 e. The van der Waals surface area contributed by atoms with Crippen LogP contribution in [-0.4, -0.2) is 30.8 Å². The molecule has 1 aromatic carbocycles. The summed E-state index contributed by atoms with van der Waals surface area (Å²) in [6, 6.07) is 10.9. The maximum Gasteiger partial charge on any atom is 0.341 e. The molecular formula is C28H30N2O6. The third kappa shape index (κ3) is 3.46. The summed E-state index contributed by atoms with van der Waals surface area (Å²) in [6.45, 7) is 6.36. The van der Waals surface area contributed by atoms with E-state index in [1.54, 1.807) is 36.3 Å². The molecule has 3 heterocycles. The average Bonchev–Trinajstić information content (AvgIpc) is 3.45. The van der Waals surface area contributed by atoms with Crippen molar-refractivity contribution in [3.63, 3.8) is 0 Å². The number of esters is 1. The number of furan rings is 1. The van der Waals surface area contributed by atoms with Gasteiger partial charge >= 0.3 is 5.97 Å². The van der Waals surface area contributed by atoms with E-state index in [1.165, 1.54) is 0 Å². The molecule has 36 heavy (non-hydrogen) atoms. The first-order chi connectivity index (χ1) is 17.3. The number of allylic oxidation sites excluding steroid dienone is 1. The van der Waals surface area contributed by atoms with Crippen LogP contribution in [0.2, 0.25) is 0 Å². The number of fused-ring (bicyclic) bond motifs is 3. The standard InChI is InChI=1S/C28H30N2O6/c1-4-34-26(32)24-25(29)36-22-15-17(21-10-7-13-35-21)14-20(31)23(22)28(24)18-8-5-6-9-19(18)30(27(28)33)12-11-16(2)3/h5-10,13,16-17H,4,11-12,14-15,29H2,1-3H3. The molecule has 0 fully saturated rings. The number of benzene rings is 1. The van der Waals surface area contributed by atoms with Crippen LogP contribution in [0.1, 0.15) is 57.3 Å². The highest BCUT2D eigenvalue weighted by Gasteiger charge is 2.64. The lowest BCUT2D eigenvalue weighted by Crippen LogP contribution is -2.51. The molecule has 1 aliphatic carbocycles. The van der Waals surface area contributed by atoms with Gasteiger partial charge in [0.2, 0.25) is 11.8 Å². The van der Waals surface area contributed by atoms with Crippen LogP contribution in [0.4, 0.5) is 5.69 Å². The summed E-state index contributed by atoms with van der Waals surface area (Å²) in [4.78, 5) is 43.4. The first-order valence-corrected chi connectivity index (χ1v) is 12.4. The monoisotopic (exact) mass is 490 g/mol. The number of ether oxygens (including phenoxy) is 2. The van der Waals surface area contributed by atoms with Crippen LogP contribution < -0.4 is 10.6 Å². The summed E-state index contributed by atoms with van der Waals surface area (Å²) in [6.07, 6.45) is 2.74. The molecule has 188 valence electrons. The minimum atomic E-state index is -1.72. The smallest absolute Gasteiger partial charge is 0.341 e. The number of carbonyl (C=O) groups excluding carboxylic acids is 3. The van der Waals surface area contributed by atoms with E-state index in [9.17, 15) is 14.4 Å².